The summed E-state index contributed by atoms with van der Waals surface area (Å²) < 4.78 is 1.92. The van der Waals surface area contributed by atoms with Crippen molar-refractivity contribution in [1.82, 2.24) is 24.4 Å². The molecule has 0 amide bonds. The molecule has 1 atom stereocenters. The lowest BCUT2D eigenvalue weighted by Crippen LogP contribution is -2.38. The number of imidazole rings is 1. The van der Waals surface area contributed by atoms with E-state index in [1.807, 2.05) is 11.6 Å². The zero-order valence-corrected chi connectivity index (χ0v) is 14.3. The minimum atomic E-state index is -0.479. The predicted molar refractivity (Wildman–Crippen MR) is 96.3 cm³/mol. The average Bonchev–Trinajstić information content (AvgIpc) is 3.04. The Balaban J connectivity index is 1.46. The number of nitrogens with one attached hydrogen (secondary N) is 1. The molecule has 4 rings (SSSR count). The van der Waals surface area contributed by atoms with Gasteiger partial charge in [0, 0.05) is 26.7 Å². The first-order valence-electron chi connectivity index (χ1n) is 8.55. The maximum Gasteiger partial charge on any atom is 0.182 e. The van der Waals surface area contributed by atoms with E-state index in [2.05, 4.69) is 49.4 Å². The van der Waals surface area contributed by atoms with Crippen molar-refractivity contribution >= 4 is 17.0 Å². The van der Waals surface area contributed by atoms with Gasteiger partial charge in [-0.15, -0.1) is 0 Å². The number of nitrogens with zero attached hydrogens (tertiary/aromatic N) is 5. The van der Waals surface area contributed by atoms with Gasteiger partial charge in [-0.3, -0.25) is 4.90 Å². The minimum absolute atomic E-state index is 0.469. The van der Waals surface area contributed by atoms with Gasteiger partial charge < -0.3 is 15.0 Å². The highest BCUT2D eigenvalue weighted by Crippen LogP contribution is 2.20. The molecule has 1 aliphatic rings. The third-order valence-corrected chi connectivity index (χ3v) is 4.73. The van der Waals surface area contributed by atoms with E-state index < -0.39 is 6.10 Å². The summed E-state index contributed by atoms with van der Waals surface area (Å²) in [4.78, 5) is 15.0. The van der Waals surface area contributed by atoms with Crippen molar-refractivity contribution in [1.29, 1.82) is 0 Å². The second-order valence-electron chi connectivity index (χ2n) is 6.45. The lowest BCUT2D eigenvalue weighted by molar-refractivity contribution is 0.0926. The molecule has 3 aromatic rings. The third kappa shape index (κ3) is 3.20. The fourth-order valence-corrected chi connectivity index (χ4v) is 3.52. The number of β-amino-alcohol motifs (C(OH)–C–C–N with tert-alkyl or cyclic N) is 1. The van der Waals surface area contributed by atoms with E-state index in [0.717, 1.165) is 30.8 Å². The van der Waals surface area contributed by atoms with Gasteiger partial charge >= 0.3 is 0 Å². The number of aliphatic hydroxyl groups is 1. The minimum Gasteiger partial charge on any atom is -0.390 e. The quantitative estimate of drug-likeness (QED) is 0.730. The number of hydrogen-bond donors (Lipinski definition) is 2. The highest BCUT2D eigenvalue weighted by Gasteiger charge is 2.19. The highest BCUT2D eigenvalue weighted by molar-refractivity contribution is 5.82. The van der Waals surface area contributed by atoms with Crippen LogP contribution in [0.1, 0.15) is 11.1 Å². The van der Waals surface area contributed by atoms with Crippen molar-refractivity contribution < 1.29 is 5.11 Å². The summed E-state index contributed by atoms with van der Waals surface area (Å²) in [5.41, 5.74) is 4.25. The molecule has 3 heterocycles. The van der Waals surface area contributed by atoms with Crippen molar-refractivity contribution in [2.24, 2.45) is 0 Å². The summed E-state index contributed by atoms with van der Waals surface area (Å²) in [6.07, 6.45) is 3.77. The molecule has 0 unspecified atom stereocenters. The predicted octanol–water partition coefficient (Wildman–Crippen LogP) is 1.29. The number of fused-ring (bicyclic) bond motifs is 2. The molecular formula is C18H22N6O. The van der Waals surface area contributed by atoms with Gasteiger partial charge in [0.05, 0.1) is 19.0 Å². The molecule has 7 heteroatoms. The Morgan fingerprint density at radius 3 is 2.84 bits per heavy atom. The van der Waals surface area contributed by atoms with Crippen LogP contribution in [0.25, 0.3) is 11.2 Å². The lowest BCUT2D eigenvalue weighted by Gasteiger charge is -2.30. The number of benzene rings is 1. The van der Waals surface area contributed by atoms with Gasteiger partial charge in [-0.2, -0.15) is 0 Å². The maximum atomic E-state index is 10.6. The Bertz CT molecular complexity index is 877. The number of rotatable bonds is 5. The zero-order valence-electron chi connectivity index (χ0n) is 14.3. The molecule has 0 saturated heterocycles. The van der Waals surface area contributed by atoms with Gasteiger partial charge in [0.15, 0.2) is 11.5 Å². The van der Waals surface area contributed by atoms with Crippen LogP contribution in [0.2, 0.25) is 0 Å². The van der Waals surface area contributed by atoms with E-state index in [1.165, 1.54) is 17.5 Å². The van der Waals surface area contributed by atoms with E-state index in [1.54, 1.807) is 6.33 Å². The second-order valence-corrected chi connectivity index (χ2v) is 6.45. The summed E-state index contributed by atoms with van der Waals surface area (Å²) in [5.74, 6) is 0.724. The standard InChI is InChI=1S/C18H22N6O/c1-19-17-16-18(21-11-20-17)22-12-24(16)10-15(25)9-23-7-6-13-4-2-3-5-14(13)8-23/h2-5,11-12,15,25H,6-10H2,1H3,(H,19,20,21)/t15-/m1/s1. The van der Waals surface area contributed by atoms with Crippen molar-refractivity contribution in [3.05, 3.63) is 48.0 Å². The monoisotopic (exact) mass is 338 g/mol. The molecule has 0 bridgehead atoms. The topological polar surface area (TPSA) is 79.1 Å². The summed E-state index contributed by atoms with van der Waals surface area (Å²) in [6, 6.07) is 8.54. The van der Waals surface area contributed by atoms with Crippen molar-refractivity contribution in [2.45, 2.75) is 25.6 Å². The smallest absolute Gasteiger partial charge is 0.182 e. The van der Waals surface area contributed by atoms with Crippen molar-refractivity contribution in [2.75, 3.05) is 25.5 Å². The molecule has 0 spiro atoms. The molecule has 0 aliphatic carbocycles. The van der Waals surface area contributed by atoms with Crippen LogP contribution < -0.4 is 5.32 Å². The molecule has 0 fully saturated rings. The Morgan fingerprint density at radius 2 is 2.00 bits per heavy atom. The van der Waals surface area contributed by atoms with Crippen LogP contribution >= 0.6 is 0 Å². The first-order chi connectivity index (χ1) is 12.2. The molecule has 2 aromatic heterocycles. The molecular weight excluding hydrogens is 316 g/mol. The van der Waals surface area contributed by atoms with Crippen LogP contribution in [-0.2, 0) is 19.5 Å². The van der Waals surface area contributed by atoms with Gasteiger partial charge in [-0.05, 0) is 17.5 Å². The van der Waals surface area contributed by atoms with Gasteiger partial charge in [0.2, 0.25) is 0 Å². The molecule has 1 aliphatic heterocycles. The van der Waals surface area contributed by atoms with E-state index >= 15 is 0 Å². The zero-order chi connectivity index (χ0) is 17.2. The van der Waals surface area contributed by atoms with Crippen LogP contribution in [0.3, 0.4) is 0 Å². The van der Waals surface area contributed by atoms with Gasteiger partial charge in [-0.1, -0.05) is 24.3 Å². The average molecular weight is 338 g/mol. The highest BCUT2D eigenvalue weighted by atomic mass is 16.3. The Labute approximate surface area is 146 Å². The molecule has 130 valence electrons. The van der Waals surface area contributed by atoms with Crippen LogP contribution in [0, 0.1) is 0 Å². The fourth-order valence-electron chi connectivity index (χ4n) is 3.52. The summed E-state index contributed by atoms with van der Waals surface area (Å²) in [6.45, 7) is 2.97. The number of anilines is 1. The lowest BCUT2D eigenvalue weighted by atomic mass is 10.00. The fraction of sp³-hybridized carbons (Fsp3) is 0.389. The van der Waals surface area contributed by atoms with Crippen LogP contribution in [-0.4, -0.2) is 55.8 Å². The SMILES string of the molecule is CNc1ncnc2ncn(C[C@H](O)CN3CCc4ccccc4C3)c12. The second kappa shape index (κ2) is 6.78. The molecule has 0 radical (unpaired) electrons. The maximum absolute atomic E-state index is 10.6. The van der Waals surface area contributed by atoms with E-state index in [0.29, 0.717) is 18.7 Å². The molecule has 0 saturated carbocycles. The summed E-state index contributed by atoms with van der Waals surface area (Å²) in [7, 11) is 1.82. The number of aliphatic hydroxyl groups excluding tert-OH is 1. The van der Waals surface area contributed by atoms with Gasteiger partial charge in [-0.25, -0.2) is 15.0 Å². The Morgan fingerprint density at radius 1 is 1.16 bits per heavy atom. The first-order valence-corrected chi connectivity index (χ1v) is 8.55. The number of hydrogen-bond acceptors (Lipinski definition) is 6. The van der Waals surface area contributed by atoms with E-state index in [-0.39, 0.29) is 0 Å². The normalized spacial score (nSPS) is 15.9. The van der Waals surface area contributed by atoms with Crippen molar-refractivity contribution in [3.8, 4) is 0 Å². The Kier molecular flexibility index (Phi) is 4.33. The molecule has 1 aromatic carbocycles. The molecule has 2 N–H and O–H groups in total. The van der Waals surface area contributed by atoms with Crippen molar-refractivity contribution in [3.63, 3.8) is 0 Å². The van der Waals surface area contributed by atoms with Crippen LogP contribution in [0.15, 0.2) is 36.9 Å². The summed E-state index contributed by atoms with van der Waals surface area (Å²) >= 11 is 0. The Hall–Kier alpha value is -2.51. The van der Waals surface area contributed by atoms with Crippen LogP contribution in [0.5, 0.6) is 0 Å². The summed E-state index contributed by atoms with van der Waals surface area (Å²) in [5, 5.41) is 13.7. The van der Waals surface area contributed by atoms with Gasteiger partial charge in [0.1, 0.15) is 11.8 Å². The molecule has 25 heavy (non-hydrogen) atoms. The largest absolute Gasteiger partial charge is 0.390 e. The molecule has 7 nitrogen and oxygen atoms in total. The van der Waals surface area contributed by atoms with E-state index in [9.17, 15) is 5.11 Å². The van der Waals surface area contributed by atoms with E-state index in [4.69, 9.17) is 0 Å². The third-order valence-electron chi connectivity index (χ3n) is 4.73. The van der Waals surface area contributed by atoms with Crippen LogP contribution in [0.4, 0.5) is 5.82 Å². The van der Waals surface area contributed by atoms with Gasteiger partial charge in [0.25, 0.3) is 0 Å². The first kappa shape index (κ1) is 16.0. The number of aromatic nitrogens is 4.